The van der Waals surface area contributed by atoms with E-state index in [0.29, 0.717) is 29.8 Å². The highest BCUT2D eigenvalue weighted by atomic mass is 35.5. The largest absolute Gasteiger partial charge is 0.474 e. The van der Waals surface area contributed by atoms with Gasteiger partial charge in [0.25, 0.3) is 0 Å². The Kier molecular flexibility index (Phi) is 7.07. The van der Waals surface area contributed by atoms with Crippen LogP contribution in [-0.2, 0) is 16.0 Å². The van der Waals surface area contributed by atoms with Crippen LogP contribution in [0.2, 0.25) is 5.02 Å². The maximum atomic E-state index is 12.7. The second-order valence-corrected chi connectivity index (χ2v) is 7.32. The number of methoxy groups -OCH3 is 1. The Morgan fingerprint density at radius 1 is 1.20 bits per heavy atom. The molecule has 0 aliphatic heterocycles. The lowest BCUT2D eigenvalue weighted by Gasteiger charge is -2.11. The van der Waals surface area contributed by atoms with E-state index in [1.165, 1.54) is 0 Å². The van der Waals surface area contributed by atoms with Crippen LogP contribution in [0.1, 0.15) is 22.5 Å². The van der Waals surface area contributed by atoms with Crippen molar-refractivity contribution in [3.05, 3.63) is 64.1 Å². The van der Waals surface area contributed by atoms with Crippen molar-refractivity contribution in [1.29, 1.82) is 0 Å². The predicted octanol–water partition coefficient (Wildman–Crippen LogP) is 4.05. The van der Waals surface area contributed by atoms with Crippen LogP contribution in [-0.4, -0.2) is 41.0 Å². The molecule has 3 rings (SSSR count). The maximum Gasteiger partial charge on any atom is 0.237 e. The van der Waals surface area contributed by atoms with Crippen molar-refractivity contribution in [3.8, 4) is 11.6 Å². The summed E-state index contributed by atoms with van der Waals surface area (Å²) in [4.78, 5) is 16.9. The number of nitrogens with one attached hydrogen (secondary N) is 1. The number of rotatable bonds is 8. The van der Waals surface area contributed by atoms with Gasteiger partial charge >= 0.3 is 0 Å². The summed E-state index contributed by atoms with van der Waals surface area (Å²) in [6.07, 6.45) is 1.80. The number of aromatic nitrogens is 3. The molecule has 0 fully saturated rings. The van der Waals surface area contributed by atoms with Crippen molar-refractivity contribution in [2.24, 2.45) is 0 Å². The van der Waals surface area contributed by atoms with Gasteiger partial charge in [0.15, 0.2) is 0 Å². The Bertz CT molecular complexity index is 1050. The summed E-state index contributed by atoms with van der Waals surface area (Å²) in [5.41, 5.74) is 4.94. The van der Waals surface area contributed by atoms with Gasteiger partial charge in [-0.15, -0.1) is 0 Å². The van der Waals surface area contributed by atoms with Gasteiger partial charge in [0.1, 0.15) is 12.3 Å². The van der Waals surface area contributed by atoms with Gasteiger partial charge in [-0.05, 0) is 50.6 Å². The molecule has 0 aliphatic rings. The molecule has 0 bridgehead atoms. The molecule has 0 atom stereocenters. The monoisotopic (exact) mass is 428 g/mol. The number of aryl methyl sites for hydroxylation is 2. The molecule has 8 heteroatoms. The van der Waals surface area contributed by atoms with E-state index >= 15 is 0 Å². The van der Waals surface area contributed by atoms with Crippen LogP contribution in [0.3, 0.4) is 0 Å². The third kappa shape index (κ3) is 4.98. The third-order valence-electron chi connectivity index (χ3n) is 4.75. The van der Waals surface area contributed by atoms with Crippen LogP contribution in [0.15, 0.2) is 36.5 Å². The second-order valence-electron chi connectivity index (χ2n) is 6.92. The standard InChI is InChI=1S/C22H25ClN4O3/c1-14-7-8-17(12-19(14)23)27-16(3)18(15(2)26-27)13-21(28)25-20-6-5-9-24-22(20)30-11-10-29-4/h5-9,12H,10-11,13H2,1-4H3,(H,25,28). The third-order valence-corrected chi connectivity index (χ3v) is 5.16. The SMILES string of the molecule is COCCOc1ncccc1NC(=O)Cc1c(C)nn(-c2ccc(C)c(Cl)c2)c1C. The van der Waals surface area contributed by atoms with Crippen molar-refractivity contribution in [2.75, 3.05) is 25.6 Å². The Morgan fingerprint density at radius 2 is 2.00 bits per heavy atom. The number of hydrogen-bond donors (Lipinski definition) is 1. The van der Waals surface area contributed by atoms with E-state index in [4.69, 9.17) is 21.1 Å². The van der Waals surface area contributed by atoms with Gasteiger partial charge in [0, 0.05) is 29.6 Å². The maximum absolute atomic E-state index is 12.7. The van der Waals surface area contributed by atoms with E-state index in [9.17, 15) is 4.79 Å². The lowest BCUT2D eigenvalue weighted by molar-refractivity contribution is -0.115. The van der Waals surface area contributed by atoms with Crippen molar-refractivity contribution in [3.63, 3.8) is 0 Å². The van der Waals surface area contributed by atoms with E-state index in [-0.39, 0.29) is 12.3 Å². The topological polar surface area (TPSA) is 78.3 Å². The molecule has 1 amide bonds. The number of amides is 1. The molecule has 1 aromatic carbocycles. The fourth-order valence-electron chi connectivity index (χ4n) is 3.07. The highest BCUT2D eigenvalue weighted by molar-refractivity contribution is 6.31. The minimum absolute atomic E-state index is 0.174. The number of benzene rings is 1. The average Bonchev–Trinajstić information content (AvgIpc) is 3.00. The number of carbonyl (C=O) groups excluding carboxylic acids is 1. The van der Waals surface area contributed by atoms with Crippen LogP contribution in [0.4, 0.5) is 5.69 Å². The zero-order valence-electron chi connectivity index (χ0n) is 17.5. The number of carbonyl (C=O) groups is 1. The normalized spacial score (nSPS) is 10.8. The second kappa shape index (κ2) is 9.73. The van der Waals surface area contributed by atoms with Crippen molar-refractivity contribution >= 4 is 23.2 Å². The van der Waals surface area contributed by atoms with Gasteiger partial charge in [0.2, 0.25) is 11.8 Å². The summed E-state index contributed by atoms with van der Waals surface area (Å²) in [5.74, 6) is 0.189. The Morgan fingerprint density at radius 3 is 2.73 bits per heavy atom. The van der Waals surface area contributed by atoms with Crippen LogP contribution in [0.5, 0.6) is 5.88 Å². The van der Waals surface area contributed by atoms with Crippen molar-refractivity contribution < 1.29 is 14.3 Å². The molecular formula is C22H25ClN4O3. The van der Waals surface area contributed by atoms with Crippen LogP contribution in [0.25, 0.3) is 5.69 Å². The molecule has 2 aromatic heterocycles. The number of halogens is 1. The molecule has 158 valence electrons. The molecular weight excluding hydrogens is 404 g/mol. The fourth-order valence-corrected chi connectivity index (χ4v) is 3.25. The van der Waals surface area contributed by atoms with E-state index < -0.39 is 0 Å². The van der Waals surface area contributed by atoms with Crippen molar-refractivity contribution in [2.45, 2.75) is 27.2 Å². The van der Waals surface area contributed by atoms with Crippen LogP contribution in [0, 0.1) is 20.8 Å². The number of pyridine rings is 1. The number of hydrogen-bond acceptors (Lipinski definition) is 5. The Labute approximate surface area is 181 Å². The number of ether oxygens (including phenoxy) is 2. The fraction of sp³-hybridized carbons (Fsp3) is 0.318. The first-order valence-corrected chi connectivity index (χ1v) is 9.96. The van der Waals surface area contributed by atoms with Crippen LogP contribution >= 0.6 is 11.6 Å². The smallest absolute Gasteiger partial charge is 0.237 e. The zero-order valence-corrected chi connectivity index (χ0v) is 18.3. The summed E-state index contributed by atoms with van der Waals surface area (Å²) >= 11 is 6.27. The molecule has 0 radical (unpaired) electrons. The first-order chi connectivity index (χ1) is 14.4. The molecule has 30 heavy (non-hydrogen) atoms. The number of nitrogens with zero attached hydrogens (tertiary/aromatic N) is 3. The minimum atomic E-state index is -0.174. The molecule has 1 N–H and O–H groups in total. The zero-order chi connectivity index (χ0) is 21.7. The first-order valence-electron chi connectivity index (χ1n) is 9.59. The highest BCUT2D eigenvalue weighted by Crippen LogP contribution is 2.24. The summed E-state index contributed by atoms with van der Waals surface area (Å²) in [6, 6.07) is 9.29. The predicted molar refractivity (Wildman–Crippen MR) is 117 cm³/mol. The van der Waals surface area contributed by atoms with Gasteiger partial charge in [-0.25, -0.2) is 9.67 Å². The Hall–Kier alpha value is -2.90. The summed E-state index contributed by atoms with van der Waals surface area (Å²) in [7, 11) is 1.60. The molecule has 0 aliphatic carbocycles. The lowest BCUT2D eigenvalue weighted by Crippen LogP contribution is -2.17. The van der Waals surface area contributed by atoms with Gasteiger partial charge in [-0.3, -0.25) is 4.79 Å². The van der Waals surface area contributed by atoms with Gasteiger partial charge < -0.3 is 14.8 Å². The van der Waals surface area contributed by atoms with E-state index in [0.717, 1.165) is 28.2 Å². The van der Waals surface area contributed by atoms with Gasteiger partial charge in [0.05, 0.1) is 24.4 Å². The first kappa shape index (κ1) is 21.8. The highest BCUT2D eigenvalue weighted by Gasteiger charge is 2.17. The summed E-state index contributed by atoms with van der Waals surface area (Å²) in [5, 5.41) is 8.16. The molecule has 7 nitrogen and oxygen atoms in total. The van der Waals surface area contributed by atoms with E-state index in [1.54, 1.807) is 25.4 Å². The minimum Gasteiger partial charge on any atom is -0.474 e. The van der Waals surface area contributed by atoms with E-state index in [1.807, 2.05) is 43.7 Å². The quantitative estimate of drug-likeness (QED) is 0.547. The number of anilines is 1. The molecule has 3 aromatic rings. The van der Waals surface area contributed by atoms with Crippen LogP contribution < -0.4 is 10.1 Å². The summed E-state index contributed by atoms with van der Waals surface area (Å²) in [6.45, 7) is 6.57. The van der Waals surface area contributed by atoms with Gasteiger partial charge in [-0.2, -0.15) is 5.10 Å². The lowest BCUT2D eigenvalue weighted by atomic mass is 10.1. The molecule has 0 spiro atoms. The van der Waals surface area contributed by atoms with Gasteiger partial charge in [-0.1, -0.05) is 17.7 Å². The Balaban J connectivity index is 1.77. The molecule has 0 unspecified atom stereocenters. The molecule has 2 heterocycles. The van der Waals surface area contributed by atoms with E-state index in [2.05, 4.69) is 15.4 Å². The molecule has 0 saturated heterocycles. The van der Waals surface area contributed by atoms with Crippen molar-refractivity contribution in [1.82, 2.24) is 14.8 Å². The molecule has 0 saturated carbocycles. The summed E-state index contributed by atoms with van der Waals surface area (Å²) < 4.78 is 12.4. The average molecular weight is 429 g/mol.